The number of hydrogen-bond acceptors (Lipinski definition) is 4. The molecule has 0 N–H and O–H groups in total. The number of aryl methyl sites for hydroxylation is 4. The minimum atomic E-state index is -0.127. The summed E-state index contributed by atoms with van der Waals surface area (Å²) in [7, 11) is 0. The average Bonchev–Trinajstić information content (AvgIpc) is 3.79. The second kappa shape index (κ2) is 13.3. The van der Waals surface area contributed by atoms with Gasteiger partial charge in [0.05, 0.1) is 0 Å². The van der Waals surface area contributed by atoms with E-state index in [-0.39, 0.29) is 12.0 Å². The Balaban J connectivity index is 0.985. The normalized spacial score (nSPS) is 15.3. The van der Waals surface area contributed by atoms with E-state index in [1.54, 1.807) is 0 Å². The number of benzene rings is 8. The topological polar surface area (TPSA) is 28.9 Å². The number of nitrogens with zero attached hydrogens (tertiary/aromatic N) is 2. The van der Waals surface area contributed by atoms with Crippen molar-refractivity contribution >= 4 is 79.0 Å². The molecule has 58 heavy (non-hydrogen) atoms. The van der Waals surface area contributed by atoms with Crippen LogP contribution in [0.2, 0.25) is 0 Å². The summed E-state index contributed by atoms with van der Waals surface area (Å²) < 4.78 is 13.7. The highest BCUT2D eigenvalue weighted by atomic mass is 16.5. The molecule has 2 atom stereocenters. The van der Waals surface area contributed by atoms with Crippen LogP contribution in [0.1, 0.15) is 33.7 Å². The molecule has 0 amide bonds. The Hall–Kier alpha value is -7.04. The van der Waals surface area contributed by atoms with Crippen LogP contribution < -0.4 is 25.0 Å². The van der Waals surface area contributed by atoms with E-state index < -0.39 is 0 Å². The fraction of sp³-hybridized carbons (Fsp3) is 0.111. The zero-order valence-corrected chi connectivity index (χ0v) is 33.0. The highest BCUT2D eigenvalue weighted by molar-refractivity contribution is 6.12. The number of para-hydroxylation sites is 4. The molecule has 0 bridgehead atoms. The van der Waals surface area contributed by atoms with E-state index in [1.165, 1.54) is 55.0 Å². The molecule has 2 aliphatic rings. The van der Waals surface area contributed by atoms with Crippen molar-refractivity contribution in [3.05, 3.63) is 196 Å². The maximum atomic E-state index is 6.89. The molecule has 2 heterocycles. The quantitative estimate of drug-likeness (QED) is 0.169. The van der Waals surface area contributed by atoms with Gasteiger partial charge in [-0.3, -0.25) is 0 Å². The Morgan fingerprint density at radius 2 is 1.00 bits per heavy atom. The summed E-state index contributed by atoms with van der Waals surface area (Å²) in [4.78, 5) is 4.75. The molecular formula is C54H42N2O2. The van der Waals surface area contributed by atoms with Crippen molar-refractivity contribution in [1.29, 1.82) is 0 Å². The van der Waals surface area contributed by atoms with Crippen LogP contribution in [0.3, 0.4) is 0 Å². The first kappa shape index (κ1) is 34.2. The second-order valence-corrected chi connectivity index (χ2v) is 15.9. The van der Waals surface area contributed by atoms with Crippen molar-refractivity contribution in [2.75, 3.05) is 9.80 Å². The lowest BCUT2D eigenvalue weighted by Crippen LogP contribution is -2.35. The number of rotatable bonds is 6. The Labute approximate surface area is 338 Å². The lowest BCUT2D eigenvalue weighted by molar-refractivity contribution is 0.288. The number of hydrogen-bond donors (Lipinski definition) is 0. The first-order valence-corrected chi connectivity index (χ1v) is 20.2. The summed E-state index contributed by atoms with van der Waals surface area (Å²) in [5.74, 6) is 0.950. The highest BCUT2D eigenvalue weighted by Crippen LogP contribution is 2.48. The van der Waals surface area contributed by atoms with Gasteiger partial charge in [-0.25, -0.2) is 0 Å². The van der Waals surface area contributed by atoms with Gasteiger partial charge < -0.3 is 19.0 Å². The van der Waals surface area contributed by atoms with Gasteiger partial charge in [0.15, 0.2) is 11.3 Å². The van der Waals surface area contributed by atoms with E-state index in [1.807, 2.05) is 0 Å². The van der Waals surface area contributed by atoms with Crippen LogP contribution in [-0.4, -0.2) is 6.10 Å². The number of furan rings is 1. The fourth-order valence-corrected chi connectivity index (χ4v) is 9.23. The van der Waals surface area contributed by atoms with Crippen molar-refractivity contribution in [3.8, 4) is 5.75 Å². The van der Waals surface area contributed by atoms with Crippen LogP contribution in [0.25, 0.3) is 44.9 Å². The summed E-state index contributed by atoms with van der Waals surface area (Å²) in [5.41, 5.74) is 14.6. The fourth-order valence-electron chi connectivity index (χ4n) is 9.23. The molecular weight excluding hydrogens is 709 g/mol. The highest BCUT2D eigenvalue weighted by Gasteiger charge is 2.36. The molecule has 0 fully saturated rings. The molecule has 9 aromatic rings. The summed E-state index contributed by atoms with van der Waals surface area (Å²) >= 11 is 0. The number of ether oxygens (including phenoxy) is 1. The zero-order chi connectivity index (χ0) is 39.1. The van der Waals surface area contributed by atoms with Gasteiger partial charge in [0.25, 0.3) is 0 Å². The van der Waals surface area contributed by atoms with Crippen molar-refractivity contribution in [2.45, 2.75) is 39.7 Å². The molecule has 0 spiro atoms. The zero-order valence-electron chi connectivity index (χ0n) is 33.0. The molecule has 4 heteroatoms. The van der Waals surface area contributed by atoms with E-state index in [9.17, 15) is 0 Å². The molecule has 4 nitrogen and oxygen atoms in total. The lowest BCUT2D eigenvalue weighted by Gasteiger charge is -2.29. The van der Waals surface area contributed by atoms with Crippen molar-refractivity contribution in [2.24, 2.45) is 0 Å². The Kier molecular flexibility index (Phi) is 7.84. The molecule has 8 aromatic carbocycles. The van der Waals surface area contributed by atoms with Gasteiger partial charge in [-0.15, -0.1) is 0 Å². The molecule has 1 aliphatic carbocycles. The van der Waals surface area contributed by atoms with E-state index in [0.29, 0.717) is 0 Å². The molecule has 11 rings (SSSR count). The summed E-state index contributed by atoms with van der Waals surface area (Å²) in [5, 5.41) is 6.86. The molecule has 1 aromatic heterocycles. The van der Waals surface area contributed by atoms with Crippen molar-refractivity contribution in [3.63, 3.8) is 0 Å². The number of anilines is 6. The van der Waals surface area contributed by atoms with E-state index in [2.05, 4.69) is 207 Å². The first-order chi connectivity index (χ1) is 28.4. The number of fused-ring (bicyclic) bond motifs is 9. The molecule has 2 unspecified atom stereocenters. The average molecular weight is 751 g/mol. The summed E-state index contributed by atoms with van der Waals surface area (Å²) in [6.45, 7) is 8.71. The molecule has 0 saturated carbocycles. The first-order valence-electron chi connectivity index (χ1n) is 20.2. The van der Waals surface area contributed by atoms with Crippen molar-refractivity contribution in [1.82, 2.24) is 0 Å². The minimum absolute atomic E-state index is 0.102. The van der Waals surface area contributed by atoms with Crippen LogP contribution in [0.5, 0.6) is 5.75 Å². The van der Waals surface area contributed by atoms with Crippen molar-refractivity contribution < 1.29 is 9.15 Å². The van der Waals surface area contributed by atoms with Crippen LogP contribution in [-0.2, 0) is 0 Å². The van der Waals surface area contributed by atoms with Crippen LogP contribution in [0.4, 0.5) is 34.1 Å². The minimum Gasteiger partial charge on any atom is -0.481 e. The molecule has 0 saturated heterocycles. The van der Waals surface area contributed by atoms with Gasteiger partial charge in [0.2, 0.25) is 0 Å². The SMILES string of the molecule is Cc1ccccc1N(c1ccc2c(c1)=CC1Oc3c(ccc4c3oc3cc5cc(N(c6ccccc6C)c6ccccc6C)ccc5cc34)C1C=2)c1ccccc1C. The third-order valence-corrected chi connectivity index (χ3v) is 12.2. The Bertz CT molecular complexity index is 3160. The maximum Gasteiger partial charge on any atom is 0.177 e. The van der Waals surface area contributed by atoms with Gasteiger partial charge in [-0.05, 0) is 144 Å². The molecule has 0 radical (unpaired) electrons. The monoisotopic (exact) mass is 750 g/mol. The largest absolute Gasteiger partial charge is 0.481 e. The predicted octanol–water partition coefficient (Wildman–Crippen LogP) is 13.0. The lowest BCUT2D eigenvalue weighted by atomic mass is 9.89. The van der Waals surface area contributed by atoms with E-state index in [4.69, 9.17) is 9.15 Å². The Morgan fingerprint density at radius 3 is 1.59 bits per heavy atom. The summed E-state index contributed by atoms with van der Waals surface area (Å²) in [6, 6.07) is 56.9. The van der Waals surface area contributed by atoms with E-state index in [0.717, 1.165) is 55.8 Å². The van der Waals surface area contributed by atoms with Gasteiger partial charge >= 0.3 is 0 Å². The molecule has 280 valence electrons. The smallest absolute Gasteiger partial charge is 0.177 e. The standard InChI is InChI=1S/C54H42N2O2/c1-33-13-5-9-17-47(33)55(48-18-10-6-14-34(48)2)41-23-21-37-29-45-43-25-26-44-46-30-38-22-24-42(56(49-19-11-7-15-35(49)3)50-20-12-8-16-36(50)4)28-40(38)32-52(46)58-54(44)53(43)57-51(45)31-39(37)27-41/h5-32,45,51H,1-4H3. The van der Waals surface area contributed by atoms with Crippen LogP contribution >= 0.6 is 0 Å². The molecule has 1 aliphatic heterocycles. The third-order valence-electron chi connectivity index (χ3n) is 12.2. The van der Waals surface area contributed by atoms with E-state index >= 15 is 0 Å². The van der Waals surface area contributed by atoms with Crippen LogP contribution in [0, 0.1) is 27.7 Å². The van der Waals surface area contributed by atoms with Gasteiger partial charge in [-0.1, -0.05) is 97.1 Å². The maximum absolute atomic E-state index is 6.89. The predicted molar refractivity (Wildman–Crippen MR) is 241 cm³/mol. The van der Waals surface area contributed by atoms with Gasteiger partial charge in [0.1, 0.15) is 11.7 Å². The Morgan fingerprint density at radius 1 is 0.448 bits per heavy atom. The summed E-state index contributed by atoms with van der Waals surface area (Å²) in [6.07, 6.45) is 4.55. The van der Waals surface area contributed by atoms with Gasteiger partial charge in [0, 0.05) is 56.4 Å². The second-order valence-electron chi connectivity index (χ2n) is 15.9. The van der Waals surface area contributed by atoms with Crippen LogP contribution in [0.15, 0.2) is 162 Å². The van der Waals surface area contributed by atoms with Gasteiger partial charge in [-0.2, -0.15) is 0 Å². The third kappa shape index (κ3) is 5.43.